The number of hydrogen-bond donors (Lipinski definition) is 0. The van der Waals surface area contributed by atoms with Crippen LogP contribution in [0.15, 0.2) is 0 Å². The summed E-state index contributed by atoms with van der Waals surface area (Å²) in [4.78, 5) is 0. The third-order valence-electron chi connectivity index (χ3n) is 3.74. The molecule has 3 rings (SSSR count). The molecule has 0 unspecified atom stereocenters. The Bertz CT molecular complexity index is 187. The van der Waals surface area contributed by atoms with Gasteiger partial charge in [-0.1, -0.05) is 39.0 Å². The second-order valence-corrected chi connectivity index (χ2v) is 5.85. The van der Waals surface area contributed by atoms with Gasteiger partial charge in [0.05, 0.1) is 0 Å². The number of rotatable bonds is 7. The fourth-order valence-electron chi connectivity index (χ4n) is 2.41. The van der Waals surface area contributed by atoms with Gasteiger partial charge in [-0.3, -0.25) is 0 Å². The predicted molar refractivity (Wildman–Crippen MR) is 102 cm³/mol. The Morgan fingerprint density at radius 2 is 1.33 bits per heavy atom. The minimum absolute atomic E-state index is 0. The monoisotopic (exact) mass is 398 g/mol. The topological polar surface area (TPSA) is 0 Å². The van der Waals surface area contributed by atoms with E-state index in [1.807, 2.05) is 64.2 Å². The molecule has 1 heteroatoms. The summed E-state index contributed by atoms with van der Waals surface area (Å²) in [7, 11) is 0. The molecule has 0 spiro atoms. The largest absolute Gasteiger partial charge is 0.0654 e. The van der Waals surface area contributed by atoms with Crippen molar-refractivity contribution in [1.29, 1.82) is 0 Å². The molecule has 3 aliphatic carbocycles. The summed E-state index contributed by atoms with van der Waals surface area (Å²) in [6, 6.07) is 0. The molecule has 0 aromatic rings. The minimum Gasteiger partial charge on any atom is -0.0654 e. The van der Waals surface area contributed by atoms with Gasteiger partial charge in [0.25, 0.3) is 0 Å². The summed E-state index contributed by atoms with van der Waals surface area (Å²) in [6.07, 6.45) is 37.8. The van der Waals surface area contributed by atoms with E-state index < -0.39 is 0 Å². The Morgan fingerprint density at radius 1 is 0.792 bits per heavy atom. The van der Waals surface area contributed by atoms with Gasteiger partial charge in [-0.25, -0.2) is 0 Å². The van der Waals surface area contributed by atoms with Crippen LogP contribution < -0.4 is 0 Å². The normalized spacial score (nSPS) is 19.9. The molecule has 14 radical (unpaired) electrons. The van der Waals surface area contributed by atoms with Crippen molar-refractivity contribution < 1.29 is 26.2 Å². The zero-order chi connectivity index (χ0) is 16.4. The molecule has 0 aliphatic heterocycles. The summed E-state index contributed by atoms with van der Waals surface area (Å²) >= 11 is 0. The van der Waals surface area contributed by atoms with Crippen LogP contribution in [0.25, 0.3) is 0 Å². The summed E-state index contributed by atoms with van der Waals surface area (Å²) in [5.41, 5.74) is 0. The van der Waals surface area contributed by atoms with Crippen LogP contribution in [0, 0.1) is 89.4 Å². The first-order valence-corrected chi connectivity index (χ1v) is 9.12. The summed E-state index contributed by atoms with van der Waals surface area (Å²) in [5.74, 6) is 1.57. The molecule has 0 aromatic heterocycles. The summed E-state index contributed by atoms with van der Waals surface area (Å²) < 4.78 is 0. The van der Waals surface area contributed by atoms with Crippen LogP contribution in [0.1, 0.15) is 58.3 Å². The van der Waals surface area contributed by atoms with E-state index in [0.717, 1.165) is 0 Å². The van der Waals surface area contributed by atoms with Gasteiger partial charge in [0, 0.05) is 26.2 Å². The van der Waals surface area contributed by atoms with Gasteiger partial charge in [-0.05, 0) is 109 Å². The van der Waals surface area contributed by atoms with E-state index in [1.54, 1.807) is 5.92 Å². The Kier molecular flexibility index (Phi) is 20.9. The average molecular weight is 400 g/mol. The second-order valence-electron chi connectivity index (χ2n) is 5.85. The Labute approximate surface area is 173 Å². The van der Waals surface area contributed by atoms with Crippen LogP contribution in [-0.2, 0) is 26.2 Å². The quantitative estimate of drug-likeness (QED) is 0.436. The molecule has 0 aromatic carbocycles. The van der Waals surface area contributed by atoms with E-state index in [2.05, 4.69) is 26.2 Å². The molecule has 0 heterocycles. The third kappa shape index (κ3) is 16.4. The van der Waals surface area contributed by atoms with Crippen LogP contribution in [0.4, 0.5) is 0 Å². The van der Waals surface area contributed by atoms with Crippen LogP contribution in [0.5, 0.6) is 0 Å². The SMILES string of the molecule is CCCCCC[CH][CH][C]1[CH]CCC1.[CH]1[CH][CH][CH][CH]1.[CH]1[CH][CH][CH][CH]1.[Zr]. The molecule has 128 valence electrons. The van der Waals surface area contributed by atoms with Gasteiger partial charge < -0.3 is 0 Å². The smallest absolute Gasteiger partial charge is 0 e. The van der Waals surface area contributed by atoms with Crippen LogP contribution >= 0.6 is 0 Å². The van der Waals surface area contributed by atoms with E-state index in [9.17, 15) is 0 Å². The van der Waals surface area contributed by atoms with Gasteiger partial charge in [-0.15, -0.1) is 0 Å². The maximum atomic E-state index is 2.38. The Hall–Kier alpha value is 0.883. The summed E-state index contributed by atoms with van der Waals surface area (Å²) in [5, 5.41) is 0. The van der Waals surface area contributed by atoms with Crippen molar-refractivity contribution in [1.82, 2.24) is 0 Å². The molecule has 0 bridgehead atoms. The average Bonchev–Trinajstić information content (AvgIpc) is 3.37. The van der Waals surface area contributed by atoms with Crippen molar-refractivity contribution in [3.63, 3.8) is 0 Å². The van der Waals surface area contributed by atoms with E-state index in [1.165, 1.54) is 51.4 Å². The Morgan fingerprint density at radius 3 is 1.75 bits per heavy atom. The first-order valence-electron chi connectivity index (χ1n) is 9.12. The van der Waals surface area contributed by atoms with Crippen LogP contribution in [-0.4, -0.2) is 0 Å². The first kappa shape index (κ1) is 24.9. The van der Waals surface area contributed by atoms with Gasteiger partial charge in [0.1, 0.15) is 0 Å². The molecule has 3 fully saturated rings. The minimum atomic E-state index is 0. The van der Waals surface area contributed by atoms with Crippen molar-refractivity contribution in [2.45, 2.75) is 58.3 Å². The maximum Gasteiger partial charge on any atom is 0 e. The molecule has 0 nitrogen and oxygen atoms in total. The molecule has 0 atom stereocenters. The fourth-order valence-corrected chi connectivity index (χ4v) is 2.41. The summed E-state index contributed by atoms with van der Waals surface area (Å²) in [6.45, 7) is 2.26. The van der Waals surface area contributed by atoms with E-state index >= 15 is 0 Å². The van der Waals surface area contributed by atoms with Gasteiger partial charge in [-0.2, -0.15) is 0 Å². The van der Waals surface area contributed by atoms with Crippen molar-refractivity contribution in [3.8, 4) is 0 Å². The van der Waals surface area contributed by atoms with Crippen molar-refractivity contribution >= 4 is 0 Å². The number of unbranched alkanes of at least 4 members (excludes halogenated alkanes) is 5. The van der Waals surface area contributed by atoms with Crippen molar-refractivity contribution in [2.75, 3.05) is 0 Å². The zero-order valence-electron chi connectivity index (χ0n) is 15.2. The molecular formula is C23H32Zr. The van der Waals surface area contributed by atoms with E-state index in [-0.39, 0.29) is 26.2 Å². The van der Waals surface area contributed by atoms with Crippen molar-refractivity contribution in [3.05, 3.63) is 89.4 Å². The first-order chi connectivity index (χ1) is 11.4. The molecular weight excluding hydrogens is 367 g/mol. The molecule has 0 amide bonds. The fraction of sp³-hybridized carbons (Fsp3) is 0.391. The molecule has 3 saturated carbocycles. The van der Waals surface area contributed by atoms with E-state index in [4.69, 9.17) is 0 Å². The second kappa shape index (κ2) is 20.2. The molecule has 0 N–H and O–H groups in total. The maximum absolute atomic E-state index is 2.38. The van der Waals surface area contributed by atoms with Gasteiger partial charge in [0.2, 0.25) is 0 Å². The molecule has 0 saturated heterocycles. The van der Waals surface area contributed by atoms with Gasteiger partial charge >= 0.3 is 0 Å². The van der Waals surface area contributed by atoms with Crippen molar-refractivity contribution in [2.24, 2.45) is 0 Å². The molecule has 3 aliphatic rings. The van der Waals surface area contributed by atoms with Gasteiger partial charge in [0.15, 0.2) is 0 Å². The Balaban J connectivity index is 0.000000393. The standard InChI is InChI=1S/C13H22.2C5H5.Zr/c1-2-3-4-5-6-7-10-13-11-8-9-12-13;2*1-2-4-5-3-1;/h7,10-11H,2-6,8-9,12H2,1H3;2*1-5H;. The molecule has 24 heavy (non-hydrogen) atoms. The van der Waals surface area contributed by atoms with E-state index in [0.29, 0.717) is 0 Å². The zero-order valence-corrected chi connectivity index (χ0v) is 17.6. The predicted octanol–water partition coefficient (Wildman–Crippen LogP) is 6.37. The number of hydrogen-bond acceptors (Lipinski definition) is 0. The van der Waals surface area contributed by atoms with Crippen LogP contribution in [0.3, 0.4) is 0 Å². The third-order valence-corrected chi connectivity index (χ3v) is 3.74. The van der Waals surface area contributed by atoms with Crippen LogP contribution in [0.2, 0.25) is 0 Å².